The van der Waals surface area contributed by atoms with Crippen molar-refractivity contribution in [1.82, 2.24) is 4.98 Å². The van der Waals surface area contributed by atoms with Crippen LogP contribution in [0.1, 0.15) is 5.56 Å². The molecule has 0 aliphatic carbocycles. The van der Waals surface area contributed by atoms with Crippen LogP contribution in [0, 0.1) is 12.3 Å². The molecule has 0 radical (unpaired) electrons. The molecule has 2 nitrogen and oxygen atoms in total. The summed E-state index contributed by atoms with van der Waals surface area (Å²) in [5.74, 6) is 3.21. The molecule has 0 atom stereocenters. The van der Waals surface area contributed by atoms with Gasteiger partial charge >= 0.3 is 0 Å². The fourth-order valence-electron chi connectivity index (χ4n) is 1.78. The minimum atomic E-state index is 0.569. The zero-order valence-electron chi connectivity index (χ0n) is 9.05. The zero-order chi connectivity index (χ0) is 11.7. The van der Waals surface area contributed by atoms with E-state index in [1.807, 2.05) is 48.5 Å². The summed E-state index contributed by atoms with van der Waals surface area (Å²) in [6.45, 7) is 0. The Hall–Kier alpha value is -2.53. The van der Waals surface area contributed by atoms with Gasteiger partial charge in [0.1, 0.15) is 5.52 Å². The Morgan fingerprint density at radius 1 is 1.00 bits per heavy atom. The molecule has 0 spiro atoms. The lowest BCUT2D eigenvalue weighted by Crippen LogP contribution is -1.82. The SMILES string of the molecule is C#Cc1ccccc1-c1nc2ccccc2o1. The number of nitrogens with zero attached hydrogens (tertiary/aromatic N) is 1. The monoisotopic (exact) mass is 219 g/mol. The average Bonchev–Trinajstić information content (AvgIpc) is 2.82. The van der Waals surface area contributed by atoms with Crippen molar-refractivity contribution in [2.24, 2.45) is 0 Å². The number of oxazole rings is 1. The second kappa shape index (κ2) is 3.80. The van der Waals surface area contributed by atoms with E-state index < -0.39 is 0 Å². The molecular weight excluding hydrogens is 210 g/mol. The van der Waals surface area contributed by atoms with E-state index in [0.717, 1.165) is 22.2 Å². The first-order chi connectivity index (χ1) is 8.38. The summed E-state index contributed by atoms with van der Waals surface area (Å²) in [7, 11) is 0. The van der Waals surface area contributed by atoms with E-state index in [0.29, 0.717) is 5.89 Å². The maximum atomic E-state index is 5.69. The highest BCUT2D eigenvalue weighted by Gasteiger charge is 2.10. The molecule has 0 unspecified atom stereocenters. The quantitative estimate of drug-likeness (QED) is 0.586. The van der Waals surface area contributed by atoms with Crippen LogP contribution in [0.25, 0.3) is 22.6 Å². The zero-order valence-corrected chi connectivity index (χ0v) is 9.05. The molecule has 0 aliphatic rings. The topological polar surface area (TPSA) is 26.0 Å². The van der Waals surface area contributed by atoms with Crippen LogP contribution in [-0.4, -0.2) is 4.98 Å². The minimum Gasteiger partial charge on any atom is -0.436 e. The third kappa shape index (κ3) is 1.58. The highest BCUT2D eigenvalue weighted by atomic mass is 16.3. The van der Waals surface area contributed by atoms with Gasteiger partial charge < -0.3 is 4.42 Å². The van der Waals surface area contributed by atoms with Crippen LogP contribution in [-0.2, 0) is 0 Å². The Labute approximate surface area is 98.9 Å². The molecule has 0 amide bonds. The van der Waals surface area contributed by atoms with Gasteiger partial charge in [-0.15, -0.1) is 6.42 Å². The van der Waals surface area contributed by atoms with Crippen LogP contribution in [0.3, 0.4) is 0 Å². The molecule has 0 fully saturated rings. The van der Waals surface area contributed by atoms with Crippen molar-refractivity contribution >= 4 is 11.1 Å². The smallest absolute Gasteiger partial charge is 0.228 e. The molecule has 0 aliphatic heterocycles. The Morgan fingerprint density at radius 2 is 1.76 bits per heavy atom. The summed E-state index contributed by atoms with van der Waals surface area (Å²) in [4.78, 5) is 4.43. The fraction of sp³-hybridized carbons (Fsp3) is 0. The molecule has 0 saturated carbocycles. The van der Waals surface area contributed by atoms with E-state index in [2.05, 4.69) is 10.9 Å². The molecule has 3 aromatic rings. The third-order valence-electron chi connectivity index (χ3n) is 2.61. The van der Waals surface area contributed by atoms with Gasteiger partial charge in [-0.2, -0.15) is 0 Å². The number of para-hydroxylation sites is 2. The highest BCUT2D eigenvalue weighted by Crippen LogP contribution is 2.26. The highest BCUT2D eigenvalue weighted by molar-refractivity contribution is 5.77. The average molecular weight is 219 g/mol. The van der Waals surface area contributed by atoms with Crippen molar-refractivity contribution in [3.8, 4) is 23.8 Å². The number of benzene rings is 2. The van der Waals surface area contributed by atoms with E-state index in [-0.39, 0.29) is 0 Å². The number of rotatable bonds is 1. The Kier molecular flexibility index (Phi) is 2.16. The van der Waals surface area contributed by atoms with Crippen molar-refractivity contribution in [2.45, 2.75) is 0 Å². The summed E-state index contributed by atoms with van der Waals surface area (Å²) in [6, 6.07) is 15.3. The lowest BCUT2D eigenvalue weighted by molar-refractivity contribution is 0.619. The second-order valence-corrected chi connectivity index (χ2v) is 3.68. The Bertz CT molecular complexity index is 686. The van der Waals surface area contributed by atoms with Crippen molar-refractivity contribution in [3.63, 3.8) is 0 Å². The third-order valence-corrected chi connectivity index (χ3v) is 2.61. The first-order valence-electron chi connectivity index (χ1n) is 5.30. The maximum Gasteiger partial charge on any atom is 0.228 e. The predicted molar refractivity (Wildman–Crippen MR) is 67.4 cm³/mol. The van der Waals surface area contributed by atoms with E-state index in [4.69, 9.17) is 10.8 Å². The molecule has 0 saturated heterocycles. The van der Waals surface area contributed by atoms with Crippen molar-refractivity contribution in [1.29, 1.82) is 0 Å². The predicted octanol–water partition coefficient (Wildman–Crippen LogP) is 3.48. The molecule has 2 heteroatoms. The van der Waals surface area contributed by atoms with Gasteiger partial charge in [-0.1, -0.05) is 30.2 Å². The minimum absolute atomic E-state index is 0.569. The molecule has 1 heterocycles. The standard InChI is InChI=1S/C15H9NO/c1-2-11-7-3-4-8-12(11)15-16-13-9-5-6-10-14(13)17-15/h1,3-10H. The van der Waals surface area contributed by atoms with Gasteiger partial charge in [0.25, 0.3) is 0 Å². The Balaban J connectivity index is 2.25. The van der Waals surface area contributed by atoms with E-state index in [9.17, 15) is 0 Å². The number of terminal acetylenes is 1. The molecule has 0 bridgehead atoms. The Morgan fingerprint density at radius 3 is 2.59 bits per heavy atom. The van der Waals surface area contributed by atoms with Crippen LogP contribution in [0.2, 0.25) is 0 Å². The van der Waals surface area contributed by atoms with Crippen LogP contribution in [0.4, 0.5) is 0 Å². The number of fused-ring (bicyclic) bond motifs is 1. The van der Waals surface area contributed by atoms with Gasteiger partial charge in [0.15, 0.2) is 5.58 Å². The van der Waals surface area contributed by atoms with Gasteiger partial charge in [-0.25, -0.2) is 4.98 Å². The van der Waals surface area contributed by atoms with Gasteiger partial charge in [-0.3, -0.25) is 0 Å². The van der Waals surface area contributed by atoms with Gasteiger partial charge in [-0.05, 0) is 24.3 Å². The van der Waals surface area contributed by atoms with E-state index >= 15 is 0 Å². The number of aromatic nitrogens is 1. The molecule has 80 valence electrons. The molecule has 3 rings (SSSR count). The molecule has 0 N–H and O–H groups in total. The van der Waals surface area contributed by atoms with E-state index in [1.54, 1.807) is 0 Å². The lowest BCUT2D eigenvalue weighted by Gasteiger charge is -1.97. The summed E-state index contributed by atoms with van der Waals surface area (Å²) in [5.41, 5.74) is 3.26. The summed E-state index contributed by atoms with van der Waals surface area (Å²) < 4.78 is 5.69. The van der Waals surface area contributed by atoms with Crippen LogP contribution < -0.4 is 0 Å². The van der Waals surface area contributed by atoms with Gasteiger partial charge in [0.2, 0.25) is 5.89 Å². The molecule has 2 aromatic carbocycles. The second-order valence-electron chi connectivity index (χ2n) is 3.68. The summed E-state index contributed by atoms with van der Waals surface area (Å²) in [6.07, 6.45) is 5.46. The van der Waals surface area contributed by atoms with Crippen molar-refractivity contribution in [2.75, 3.05) is 0 Å². The largest absolute Gasteiger partial charge is 0.436 e. The first kappa shape index (κ1) is 9.68. The van der Waals surface area contributed by atoms with Gasteiger partial charge in [0.05, 0.1) is 5.56 Å². The van der Waals surface area contributed by atoms with Crippen molar-refractivity contribution < 1.29 is 4.42 Å². The lowest BCUT2D eigenvalue weighted by atomic mass is 10.1. The summed E-state index contributed by atoms with van der Waals surface area (Å²) >= 11 is 0. The van der Waals surface area contributed by atoms with Gasteiger partial charge in [0, 0.05) is 5.56 Å². The molecule has 1 aromatic heterocycles. The summed E-state index contributed by atoms with van der Waals surface area (Å²) in [5, 5.41) is 0. The normalized spacial score (nSPS) is 10.3. The number of hydrogen-bond acceptors (Lipinski definition) is 2. The molecule has 17 heavy (non-hydrogen) atoms. The number of hydrogen-bond donors (Lipinski definition) is 0. The van der Waals surface area contributed by atoms with Crippen LogP contribution >= 0.6 is 0 Å². The van der Waals surface area contributed by atoms with Crippen molar-refractivity contribution in [3.05, 3.63) is 54.1 Å². The van der Waals surface area contributed by atoms with Crippen LogP contribution in [0.15, 0.2) is 52.9 Å². The molecular formula is C15H9NO. The van der Waals surface area contributed by atoms with Crippen LogP contribution in [0.5, 0.6) is 0 Å². The first-order valence-corrected chi connectivity index (χ1v) is 5.30. The fourth-order valence-corrected chi connectivity index (χ4v) is 1.78. The maximum absolute atomic E-state index is 5.69. The van der Waals surface area contributed by atoms with E-state index in [1.165, 1.54) is 0 Å².